The third-order valence-electron chi connectivity index (χ3n) is 3.22. The number of amides is 1. The number of hydrogen-bond acceptors (Lipinski definition) is 3. The lowest BCUT2D eigenvalue weighted by Crippen LogP contribution is -2.45. The quantitative estimate of drug-likeness (QED) is 0.838. The van der Waals surface area contributed by atoms with Gasteiger partial charge in [-0.3, -0.25) is 4.79 Å². The van der Waals surface area contributed by atoms with Crippen molar-refractivity contribution in [3.05, 3.63) is 29.6 Å². The van der Waals surface area contributed by atoms with Gasteiger partial charge in [-0.2, -0.15) is 0 Å². The number of carboxylic acids is 1. The van der Waals surface area contributed by atoms with Gasteiger partial charge in [0.1, 0.15) is 5.69 Å². The number of carbonyl (C=O) groups is 2. The second kappa shape index (κ2) is 5.62. The normalized spacial score (nSPS) is 11.1. The van der Waals surface area contributed by atoms with Gasteiger partial charge in [0.2, 0.25) is 0 Å². The Morgan fingerprint density at radius 2 is 2.00 bits per heavy atom. The molecule has 0 saturated heterocycles. The van der Waals surface area contributed by atoms with Crippen LogP contribution in [0, 0.1) is 0 Å². The van der Waals surface area contributed by atoms with Crippen molar-refractivity contribution < 1.29 is 14.7 Å². The molecule has 98 valence electrons. The zero-order chi connectivity index (χ0) is 13.8. The van der Waals surface area contributed by atoms with Gasteiger partial charge in [-0.1, -0.05) is 13.8 Å². The first-order chi connectivity index (χ1) is 8.41. The number of nitrogens with zero attached hydrogens (tertiary/aromatic N) is 1. The van der Waals surface area contributed by atoms with Crippen LogP contribution < -0.4 is 5.32 Å². The largest absolute Gasteiger partial charge is 0.477 e. The van der Waals surface area contributed by atoms with Crippen molar-refractivity contribution in [3.8, 4) is 0 Å². The molecule has 1 heterocycles. The molecule has 0 bridgehead atoms. The van der Waals surface area contributed by atoms with Crippen molar-refractivity contribution >= 4 is 11.9 Å². The van der Waals surface area contributed by atoms with E-state index in [0.717, 1.165) is 12.8 Å². The van der Waals surface area contributed by atoms with Crippen molar-refractivity contribution in [2.45, 2.75) is 39.2 Å². The minimum atomic E-state index is -1.14. The molecule has 0 atom stereocenters. The maximum atomic E-state index is 12.0. The van der Waals surface area contributed by atoms with Crippen molar-refractivity contribution in [2.75, 3.05) is 0 Å². The van der Waals surface area contributed by atoms with E-state index in [1.807, 2.05) is 20.8 Å². The molecule has 5 heteroatoms. The molecule has 1 aromatic heterocycles. The zero-order valence-corrected chi connectivity index (χ0v) is 10.9. The van der Waals surface area contributed by atoms with Gasteiger partial charge in [-0.15, -0.1) is 0 Å². The monoisotopic (exact) mass is 250 g/mol. The number of nitrogens with one attached hydrogen (secondary N) is 1. The average Bonchev–Trinajstić information content (AvgIpc) is 2.38. The van der Waals surface area contributed by atoms with Crippen LogP contribution in [0.5, 0.6) is 0 Å². The van der Waals surface area contributed by atoms with Gasteiger partial charge >= 0.3 is 5.97 Å². The first-order valence-electron chi connectivity index (χ1n) is 5.93. The fourth-order valence-corrected chi connectivity index (χ4v) is 1.46. The number of hydrogen-bond donors (Lipinski definition) is 2. The van der Waals surface area contributed by atoms with Crippen LogP contribution in [-0.2, 0) is 0 Å². The summed E-state index contributed by atoms with van der Waals surface area (Å²) in [6, 6.07) is 2.79. The lowest BCUT2D eigenvalue weighted by Gasteiger charge is -2.28. The van der Waals surface area contributed by atoms with Crippen LogP contribution in [0.15, 0.2) is 18.3 Å². The van der Waals surface area contributed by atoms with Crippen molar-refractivity contribution in [2.24, 2.45) is 0 Å². The predicted octanol–water partition coefficient (Wildman–Crippen LogP) is 2.09. The van der Waals surface area contributed by atoms with E-state index in [0.29, 0.717) is 5.56 Å². The van der Waals surface area contributed by atoms with Crippen LogP contribution in [-0.4, -0.2) is 27.5 Å². The molecule has 1 amide bonds. The first-order valence-corrected chi connectivity index (χ1v) is 5.93. The van der Waals surface area contributed by atoms with Crippen LogP contribution >= 0.6 is 0 Å². The Hall–Kier alpha value is -1.91. The highest BCUT2D eigenvalue weighted by Crippen LogP contribution is 2.15. The molecule has 0 aliphatic heterocycles. The van der Waals surface area contributed by atoms with E-state index in [-0.39, 0.29) is 17.1 Å². The first kappa shape index (κ1) is 14.2. The highest BCUT2D eigenvalue weighted by Gasteiger charge is 2.23. The smallest absolute Gasteiger partial charge is 0.354 e. The van der Waals surface area contributed by atoms with Crippen molar-refractivity contribution in [1.29, 1.82) is 0 Å². The number of rotatable bonds is 5. The molecule has 0 aromatic carbocycles. The molecule has 0 radical (unpaired) electrons. The molecule has 0 spiro atoms. The summed E-state index contributed by atoms with van der Waals surface area (Å²) in [5, 5.41) is 11.7. The highest BCUT2D eigenvalue weighted by molar-refractivity contribution is 5.97. The standard InChI is InChI=1S/C13H18N2O3/c1-4-13(3,5-2)15-11(16)9-6-7-14-10(8-9)12(17)18/h6-8H,4-5H2,1-3H3,(H,15,16)(H,17,18). The summed E-state index contributed by atoms with van der Waals surface area (Å²) in [5.74, 6) is -1.41. The lowest BCUT2D eigenvalue weighted by atomic mass is 9.95. The number of aromatic nitrogens is 1. The third kappa shape index (κ3) is 3.29. The molecular weight excluding hydrogens is 232 g/mol. The Morgan fingerprint density at radius 1 is 1.39 bits per heavy atom. The van der Waals surface area contributed by atoms with Crippen molar-refractivity contribution in [1.82, 2.24) is 10.3 Å². The second-order valence-electron chi connectivity index (χ2n) is 4.46. The van der Waals surface area contributed by atoms with Crippen LogP contribution in [0.3, 0.4) is 0 Å². The summed E-state index contributed by atoms with van der Waals surface area (Å²) >= 11 is 0. The third-order valence-corrected chi connectivity index (χ3v) is 3.22. The average molecular weight is 250 g/mol. The van der Waals surface area contributed by atoms with Gasteiger partial charge in [-0.05, 0) is 31.9 Å². The summed E-state index contributed by atoms with van der Waals surface area (Å²) in [4.78, 5) is 26.5. The van der Waals surface area contributed by atoms with Crippen LogP contribution in [0.2, 0.25) is 0 Å². The molecule has 2 N–H and O–H groups in total. The lowest BCUT2D eigenvalue weighted by molar-refractivity contribution is 0.0690. The molecule has 0 aliphatic carbocycles. The van der Waals surface area contributed by atoms with E-state index in [1.165, 1.54) is 18.3 Å². The molecule has 1 aromatic rings. The minimum Gasteiger partial charge on any atom is -0.477 e. The van der Waals surface area contributed by atoms with Crippen molar-refractivity contribution in [3.63, 3.8) is 0 Å². The summed E-state index contributed by atoms with van der Waals surface area (Å²) < 4.78 is 0. The van der Waals surface area contributed by atoms with Gasteiger partial charge < -0.3 is 10.4 Å². The van der Waals surface area contributed by atoms with E-state index in [4.69, 9.17) is 5.11 Å². The Labute approximate surface area is 106 Å². The molecule has 0 aliphatic rings. The number of pyridine rings is 1. The van der Waals surface area contributed by atoms with Gasteiger partial charge in [0.05, 0.1) is 0 Å². The molecule has 18 heavy (non-hydrogen) atoms. The Bertz CT molecular complexity index is 453. The van der Waals surface area contributed by atoms with Gasteiger partial charge in [-0.25, -0.2) is 9.78 Å². The van der Waals surface area contributed by atoms with E-state index >= 15 is 0 Å². The summed E-state index contributed by atoms with van der Waals surface area (Å²) in [5.41, 5.74) is -0.0862. The molecule has 0 unspecified atom stereocenters. The fourth-order valence-electron chi connectivity index (χ4n) is 1.46. The van der Waals surface area contributed by atoms with E-state index in [2.05, 4.69) is 10.3 Å². The second-order valence-corrected chi connectivity index (χ2v) is 4.46. The van der Waals surface area contributed by atoms with E-state index in [9.17, 15) is 9.59 Å². The van der Waals surface area contributed by atoms with E-state index < -0.39 is 5.97 Å². The molecule has 0 saturated carbocycles. The van der Waals surface area contributed by atoms with Crippen LogP contribution in [0.4, 0.5) is 0 Å². The number of carbonyl (C=O) groups excluding carboxylic acids is 1. The topological polar surface area (TPSA) is 79.3 Å². The zero-order valence-electron chi connectivity index (χ0n) is 10.9. The maximum Gasteiger partial charge on any atom is 0.354 e. The number of aromatic carboxylic acids is 1. The summed E-state index contributed by atoms with van der Waals surface area (Å²) in [6.07, 6.45) is 2.95. The van der Waals surface area contributed by atoms with Gasteiger partial charge in [0, 0.05) is 17.3 Å². The fraction of sp³-hybridized carbons (Fsp3) is 0.462. The Morgan fingerprint density at radius 3 is 2.50 bits per heavy atom. The van der Waals surface area contributed by atoms with Crippen LogP contribution in [0.25, 0.3) is 0 Å². The summed E-state index contributed by atoms with van der Waals surface area (Å²) in [7, 11) is 0. The van der Waals surface area contributed by atoms with Gasteiger partial charge in [0.25, 0.3) is 5.91 Å². The highest BCUT2D eigenvalue weighted by atomic mass is 16.4. The Balaban J connectivity index is 2.91. The molecular formula is C13H18N2O3. The molecule has 5 nitrogen and oxygen atoms in total. The predicted molar refractivity (Wildman–Crippen MR) is 67.6 cm³/mol. The maximum absolute atomic E-state index is 12.0. The molecule has 1 rings (SSSR count). The van der Waals surface area contributed by atoms with Gasteiger partial charge in [0.15, 0.2) is 0 Å². The Kier molecular flexibility index (Phi) is 4.42. The summed E-state index contributed by atoms with van der Waals surface area (Å²) in [6.45, 7) is 5.96. The SMILES string of the molecule is CCC(C)(CC)NC(=O)c1ccnc(C(=O)O)c1. The number of carboxylic acid groups (broad SMARTS) is 1. The molecule has 0 fully saturated rings. The van der Waals surface area contributed by atoms with E-state index in [1.54, 1.807) is 0 Å². The minimum absolute atomic E-state index is 0.127. The van der Waals surface area contributed by atoms with Crippen LogP contribution in [0.1, 0.15) is 54.5 Å².